The van der Waals surface area contributed by atoms with E-state index in [4.69, 9.17) is 15.2 Å². The predicted molar refractivity (Wildman–Crippen MR) is 99.4 cm³/mol. The van der Waals surface area contributed by atoms with Crippen LogP contribution in [-0.2, 0) is 11.2 Å². The number of carbonyl (C=O) groups excluding carboxylic acids is 1. The Kier molecular flexibility index (Phi) is 3.96. The molecule has 0 spiro atoms. The monoisotopic (exact) mass is 362 g/mol. The van der Waals surface area contributed by atoms with Gasteiger partial charge in [-0.25, -0.2) is 5.01 Å². The van der Waals surface area contributed by atoms with Crippen LogP contribution in [0.25, 0.3) is 0 Å². The summed E-state index contributed by atoms with van der Waals surface area (Å²) in [6.07, 6.45) is 0.350. The average Bonchev–Trinajstić information content (AvgIpc) is 3.03. The number of aryl methyl sites for hydroxylation is 1. The molecule has 136 valence electrons. The van der Waals surface area contributed by atoms with E-state index in [1.165, 1.54) is 11.9 Å². The fourth-order valence-corrected chi connectivity index (χ4v) is 3.33. The van der Waals surface area contributed by atoms with E-state index in [1.807, 2.05) is 37.3 Å². The Balaban J connectivity index is 1.96. The summed E-state index contributed by atoms with van der Waals surface area (Å²) in [5, 5.41) is 15.4. The minimum Gasteiger partial charge on any atom is -0.454 e. The molecule has 0 aliphatic carbocycles. The zero-order valence-corrected chi connectivity index (χ0v) is 15.0. The molecule has 0 saturated heterocycles. The van der Waals surface area contributed by atoms with Gasteiger partial charge < -0.3 is 15.2 Å². The number of nitrogens with zero attached hydrogens (tertiary/aromatic N) is 3. The Morgan fingerprint density at radius 3 is 2.70 bits per heavy atom. The second kappa shape index (κ2) is 6.32. The quantitative estimate of drug-likeness (QED) is 0.785. The van der Waals surface area contributed by atoms with Gasteiger partial charge in [-0.05, 0) is 42.3 Å². The minimum absolute atomic E-state index is 0.160. The maximum absolute atomic E-state index is 12.2. The van der Waals surface area contributed by atoms with Crippen LogP contribution < -0.4 is 15.2 Å². The van der Waals surface area contributed by atoms with Crippen molar-refractivity contribution in [2.75, 3.05) is 12.5 Å². The van der Waals surface area contributed by atoms with Crippen LogP contribution in [-0.4, -0.2) is 29.5 Å². The average molecular weight is 362 g/mol. The number of rotatable bonds is 1. The number of nitriles is 1. The molecule has 2 aromatic rings. The first-order chi connectivity index (χ1) is 13.0. The maximum Gasteiger partial charge on any atom is 0.240 e. The second-order valence-corrected chi connectivity index (χ2v) is 6.60. The summed E-state index contributed by atoms with van der Waals surface area (Å²) >= 11 is 0. The summed E-state index contributed by atoms with van der Waals surface area (Å²) in [7, 11) is 0. The third kappa shape index (κ3) is 2.85. The molecule has 0 radical (unpaired) electrons. The summed E-state index contributed by atoms with van der Waals surface area (Å²) in [5.41, 5.74) is 10.6. The topological polar surface area (TPSA) is 101 Å². The van der Waals surface area contributed by atoms with Crippen molar-refractivity contribution in [3.63, 3.8) is 0 Å². The number of nitrogens with two attached hydrogens (primary N) is 1. The van der Waals surface area contributed by atoms with E-state index in [-0.39, 0.29) is 12.7 Å². The molecule has 7 heteroatoms. The SMILES string of the molecule is CC(=O)N1N=C(c2ccc(N)c(C)c2)c2cc3c(cc2CC1C#N)OCO3. The molecule has 1 amide bonds. The van der Waals surface area contributed by atoms with Crippen LogP contribution in [0.5, 0.6) is 11.5 Å². The van der Waals surface area contributed by atoms with Crippen molar-refractivity contribution in [3.05, 3.63) is 52.6 Å². The van der Waals surface area contributed by atoms with Gasteiger partial charge in [0.25, 0.3) is 0 Å². The molecule has 2 aliphatic heterocycles. The molecule has 7 nitrogen and oxygen atoms in total. The Morgan fingerprint density at radius 2 is 2.04 bits per heavy atom. The van der Waals surface area contributed by atoms with Gasteiger partial charge in [-0.1, -0.05) is 6.07 Å². The molecular formula is C20H18N4O3. The summed E-state index contributed by atoms with van der Waals surface area (Å²) < 4.78 is 11.0. The fourth-order valence-electron chi connectivity index (χ4n) is 3.33. The van der Waals surface area contributed by atoms with Gasteiger partial charge in [-0.3, -0.25) is 4.79 Å². The lowest BCUT2D eigenvalue weighted by molar-refractivity contribution is -0.130. The van der Waals surface area contributed by atoms with Gasteiger partial charge in [-0.2, -0.15) is 10.4 Å². The lowest BCUT2D eigenvalue weighted by Crippen LogP contribution is -2.34. The molecule has 1 atom stereocenters. The maximum atomic E-state index is 12.2. The molecule has 0 saturated carbocycles. The van der Waals surface area contributed by atoms with E-state index >= 15 is 0 Å². The van der Waals surface area contributed by atoms with E-state index in [9.17, 15) is 10.1 Å². The fraction of sp³-hybridized carbons (Fsp3) is 0.250. The first kappa shape index (κ1) is 16.9. The Labute approximate surface area is 156 Å². The number of benzene rings is 2. The lowest BCUT2D eigenvalue weighted by atomic mass is 9.93. The molecule has 2 heterocycles. The van der Waals surface area contributed by atoms with Crippen molar-refractivity contribution >= 4 is 17.3 Å². The van der Waals surface area contributed by atoms with Crippen LogP contribution in [0.2, 0.25) is 0 Å². The molecule has 1 unspecified atom stereocenters. The largest absolute Gasteiger partial charge is 0.454 e. The van der Waals surface area contributed by atoms with Gasteiger partial charge in [-0.15, -0.1) is 0 Å². The number of hydrogen-bond donors (Lipinski definition) is 1. The van der Waals surface area contributed by atoms with Crippen molar-refractivity contribution in [1.82, 2.24) is 5.01 Å². The first-order valence-electron chi connectivity index (χ1n) is 8.55. The van der Waals surface area contributed by atoms with E-state index in [0.29, 0.717) is 29.3 Å². The number of hydrogen-bond acceptors (Lipinski definition) is 6. The molecule has 0 fully saturated rings. The highest BCUT2D eigenvalue weighted by Gasteiger charge is 2.30. The van der Waals surface area contributed by atoms with Crippen LogP contribution in [0, 0.1) is 18.3 Å². The number of fused-ring (bicyclic) bond motifs is 2. The zero-order chi connectivity index (χ0) is 19.1. The van der Waals surface area contributed by atoms with Crippen LogP contribution in [0.4, 0.5) is 5.69 Å². The van der Waals surface area contributed by atoms with E-state index in [2.05, 4.69) is 11.2 Å². The standard InChI is InChI=1S/C20H18N4O3/c1-11-5-13(3-4-17(11)22)20-16-8-19-18(26-10-27-19)7-14(16)6-15(9-21)24(23-20)12(2)25/h3-5,7-8,15H,6,10,22H2,1-2H3. The second-order valence-electron chi connectivity index (χ2n) is 6.60. The van der Waals surface area contributed by atoms with Gasteiger partial charge >= 0.3 is 0 Å². The molecule has 2 aromatic carbocycles. The third-order valence-corrected chi connectivity index (χ3v) is 4.78. The van der Waals surface area contributed by atoms with Crippen molar-refractivity contribution in [2.24, 2.45) is 5.10 Å². The number of carbonyl (C=O) groups is 1. The summed E-state index contributed by atoms with van der Waals surface area (Å²) in [4.78, 5) is 12.2. The number of hydrazone groups is 1. The number of anilines is 1. The van der Waals surface area contributed by atoms with Crippen molar-refractivity contribution in [1.29, 1.82) is 5.26 Å². The molecule has 2 N–H and O–H groups in total. The zero-order valence-electron chi connectivity index (χ0n) is 15.0. The van der Waals surface area contributed by atoms with Crippen molar-refractivity contribution in [3.8, 4) is 17.6 Å². The normalized spacial score (nSPS) is 17.6. The number of amides is 1. The first-order valence-corrected chi connectivity index (χ1v) is 8.55. The van der Waals surface area contributed by atoms with Crippen molar-refractivity contribution < 1.29 is 14.3 Å². The van der Waals surface area contributed by atoms with Crippen molar-refractivity contribution in [2.45, 2.75) is 26.3 Å². The third-order valence-electron chi connectivity index (χ3n) is 4.78. The number of nitrogen functional groups attached to an aromatic ring is 1. The summed E-state index contributed by atoms with van der Waals surface area (Å²) in [6.45, 7) is 3.48. The summed E-state index contributed by atoms with van der Waals surface area (Å²) in [6, 6.07) is 10.8. The highest BCUT2D eigenvalue weighted by molar-refractivity contribution is 6.14. The number of ether oxygens (including phenoxy) is 2. The smallest absolute Gasteiger partial charge is 0.240 e. The van der Waals surface area contributed by atoms with Gasteiger partial charge in [0.2, 0.25) is 12.7 Å². The van der Waals surface area contributed by atoms with Crippen LogP contribution in [0.1, 0.15) is 29.2 Å². The molecule has 0 bridgehead atoms. The molecule has 27 heavy (non-hydrogen) atoms. The van der Waals surface area contributed by atoms with Gasteiger partial charge in [0.05, 0.1) is 11.8 Å². The van der Waals surface area contributed by atoms with Gasteiger partial charge in [0, 0.05) is 30.2 Å². The minimum atomic E-state index is -0.700. The Morgan fingerprint density at radius 1 is 1.30 bits per heavy atom. The van der Waals surface area contributed by atoms with E-state index in [1.54, 1.807) is 0 Å². The van der Waals surface area contributed by atoms with E-state index < -0.39 is 6.04 Å². The molecule has 2 aliphatic rings. The molecule has 0 aromatic heterocycles. The highest BCUT2D eigenvalue weighted by Crippen LogP contribution is 2.37. The molecule has 4 rings (SSSR count). The summed E-state index contributed by atoms with van der Waals surface area (Å²) in [5.74, 6) is 0.965. The van der Waals surface area contributed by atoms with Crippen LogP contribution >= 0.6 is 0 Å². The predicted octanol–water partition coefficient (Wildman–Crippen LogP) is 2.36. The highest BCUT2D eigenvalue weighted by atomic mass is 16.7. The van der Waals surface area contributed by atoms with Gasteiger partial charge in [0.15, 0.2) is 11.5 Å². The van der Waals surface area contributed by atoms with Crippen LogP contribution in [0.3, 0.4) is 0 Å². The Hall–Kier alpha value is -3.53. The Bertz CT molecular complexity index is 1020. The molecular weight excluding hydrogens is 344 g/mol. The van der Waals surface area contributed by atoms with Gasteiger partial charge in [0.1, 0.15) is 6.04 Å². The van der Waals surface area contributed by atoms with Crippen LogP contribution in [0.15, 0.2) is 35.4 Å². The lowest BCUT2D eigenvalue weighted by Gasteiger charge is -2.19. The van der Waals surface area contributed by atoms with E-state index in [0.717, 1.165) is 22.3 Å².